The molecule has 0 amide bonds. The first-order valence-electron chi connectivity index (χ1n) is 6.60. The van der Waals surface area contributed by atoms with Gasteiger partial charge >= 0.3 is 5.79 Å². The van der Waals surface area contributed by atoms with E-state index in [2.05, 4.69) is 0 Å². The van der Waals surface area contributed by atoms with Crippen molar-refractivity contribution in [2.45, 2.75) is 18.0 Å². The first-order valence-corrected chi connectivity index (χ1v) is 6.60. The van der Waals surface area contributed by atoms with Crippen LogP contribution in [-0.2, 0) is 14.3 Å². The Morgan fingerprint density at radius 2 is 1.91 bits per heavy atom. The normalized spacial score (nSPS) is 29.5. The summed E-state index contributed by atoms with van der Waals surface area (Å²) < 4.78 is 26.7. The number of rotatable bonds is 3. The zero-order chi connectivity index (χ0) is 16.0. The molecular weight excluding hydrogens is 292 g/mol. The minimum Gasteiger partial charge on any atom is -0.501 e. The molecule has 1 aliphatic carbocycles. The Hall–Kier alpha value is -2.25. The molecule has 1 aliphatic heterocycles. The maximum Gasteiger partial charge on any atom is 0.342 e. The van der Waals surface area contributed by atoms with Gasteiger partial charge in [-0.3, -0.25) is 4.79 Å². The molecule has 7 heteroatoms. The number of hydrogen-bond acceptors (Lipinski definition) is 7. The van der Waals surface area contributed by atoms with Crippen LogP contribution in [0.3, 0.4) is 0 Å². The van der Waals surface area contributed by atoms with Crippen LogP contribution in [0.2, 0.25) is 0 Å². The molecule has 118 valence electrons. The van der Waals surface area contributed by atoms with Crippen LogP contribution in [0.4, 0.5) is 0 Å². The summed E-state index contributed by atoms with van der Waals surface area (Å²) in [4.78, 5) is 12.4. The van der Waals surface area contributed by atoms with Crippen LogP contribution >= 0.6 is 0 Å². The minimum absolute atomic E-state index is 0.0887. The average molecular weight is 308 g/mol. The van der Waals surface area contributed by atoms with E-state index in [1.807, 2.05) is 0 Å². The number of hydrogen-bond donors (Lipinski definition) is 1. The van der Waals surface area contributed by atoms with Gasteiger partial charge in [-0.15, -0.1) is 0 Å². The van der Waals surface area contributed by atoms with Crippen LogP contribution < -0.4 is 14.2 Å². The van der Waals surface area contributed by atoms with Gasteiger partial charge in [-0.1, -0.05) is 0 Å². The van der Waals surface area contributed by atoms with Crippen LogP contribution in [0.1, 0.15) is 6.42 Å². The molecule has 0 bridgehead atoms. The Kier molecular flexibility index (Phi) is 3.26. The van der Waals surface area contributed by atoms with Crippen molar-refractivity contribution in [3.05, 3.63) is 30.0 Å². The zero-order valence-corrected chi connectivity index (χ0v) is 12.4. The van der Waals surface area contributed by atoms with E-state index in [0.717, 1.165) is 0 Å². The quantitative estimate of drug-likeness (QED) is 0.891. The third kappa shape index (κ3) is 1.86. The number of methoxy groups -OCH3 is 3. The van der Waals surface area contributed by atoms with Crippen LogP contribution in [0.5, 0.6) is 17.2 Å². The number of aliphatic hydroxyl groups is 1. The van der Waals surface area contributed by atoms with Gasteiger partial charge in [0.05, 0.1) is 20.6 Å². The lowest BCUT2D eigenvalue weighted by atomic mass is 9.89. The molecule has 0 radical (unpaired) electrons. The summed E-state index contributed by atoms with van der Waals surface area (Å²) in [6, 6.07) is 4.79. The van der Waals surface area contributed by atoms with E-state index in [4.69, 9.17) is 23.7 Å². The van der Waals surface area contributed by atoms with E-state index in [-0.39, 0.29) is 23.7 Å². The molecule has 1 heterocycles. The van der Waals surface area contributed by atoms with Gasteiger partial charge in [0.1, 0.15) is 11.5 Å². The van der Waals surface area contributed by atoms with Gasteiger partial charge in [0.25, 0.3) is 5.79 Å². The molecule has 22 heavy (non-hydrogen) atoms. The van der Waals surface area contributed by atoms with Crippen molar-refractivity contribution in [1.82, 2.24) is 0 Å². The van der Waals surface area contributed by atoms with E-state index in [1.54, 1.807) is 18.2 Å². The summed E-state index contributed by atoms with van der Waals surface area (Å²) in [6.45, 7) is 0. The van der Waals surface area contributed by atoms with Crippen LogP contribution in [0.25, 0.3) is 0 Å². The first kappa shape index (κ1) is 14.7. The lowest BCUT2D eigenvalue weighted by Gasteiger charge is -2.48. The summed E-state index contributed by atoms with van der Waals surface area (Å²) >= 11 is 0. The fourth-order valence-corrected chi connectivity index (χ4v) is 2.62. The summed E-state index contributed by atoms with van der Waals surface area (Å²) in [5.74, 6) is -3.30. The van der Waals surface area contributed by atoms with Gasteiger partial charge in [-0.05, 0) is 12.1 Å². The highest BCUT2D eigenvalue weighted by molar-refractivity contribution is 5.99. The van der Waals surface area contributed by atoms with E-state index in [9.17, 15) is 9.90 Å². The van der Waals surface area contributed by atoms with Crippen molar-refractivity contribution < 1.29 is 33.6 Å². The Morgan fingerprint density at radius 3 is 2.55 bits per heavy atom. The molecule has 3 rings (SSSR count). The third-order valence-electron chi connectivity index (χ3n) is 3.78. The van der Waals surface area contributed by atoms with Crippen molar-refractivity contribution in [3.63, 3.8) is 0 Å². The molecule has 1 aromatic rings. The SMILES string of the molecule is COC1=CC(=O)[C@]2(OC)Oc3cc(OC)ccc3O[C@@]2(O)C1. The topological polar surface area (TPSA) is 83.5 Å². The summed E-state index contributed by atoms with van der Waals surface area (Å²) in [7, 11) is 4.18. The Bertz CT molecular complexity index is 653. The fourth-order valence-electron chi connectivity index (χ4n) is 2.62. The van der Waals surface area contributed by atoms with Gasteiger partial charge in [0.15, 0.2) is 11.5 Å². The number of benzene rings is 1. The second kappa shape index (κ2) is 4.89. The summed E-state index contributed by atoms with van der Waals surface area (Å²) in [5, 5.41) is 10.8. The lowest BCUT2D eigenvalue weighted by Crippen LogP contribution is -2.70. The van der Waals surface area contributed by atoms with Crippen molar-refractivity contribution >= 4 is 5.78 Å². The predicted molar refractivity (Wildman–Crippen MR) is 73.7 cm³/mol. The van der Waals surface area contributed by atoms with Crippen molar-refractivity contribution in [1.29, 1.82) is 0 Å². The predicted octanol–water partition coefficient (Wildman–Crippen LogP) is 1.00. The van der Waals surface area contributed by atoms with E-state index in [1.165, 1.54) is 27.4 Å². The smallest absolute Gasteiger partial charge is 0.342 e. The maximum absolute atomic E-state index is 12.4. The number of fused-ring (bicyclic) bond motifs is 2. The average Bonchev–Trinajstić information content (AvgIpc) is 2.52. The summed E-state index contributed by atoms with van der Waals surface area (Å²) in [5.41, 5.74) is 0. The van der Waals surface area contributed by atoms with Gasteiger partial charge in [-0.25, -0.2) is 0 Å². The molecule has 2 atom stereocenters. The molecule has 1 aromatic carbocycles. The Labute approximate surface area is 127 Å². The number of ether oxygens (including phenoxy) is 5. The second-order valence-corrected chi connectivity index (χ2v) is 4.98. The van der Waals surface area contributed by atoms with E-state index < -0.39 is 17.4 Å². The molecule has 0 saturated heterocycles. The number of carbonyl (C=O) groups excluding carboxylic acids is 1. The molecule has 0 aromatic heterocycles. The van der Waals surface area contributed by atoms with Crippen molar-refractivity contribution in [2.24, 2.45) is 0 Å². The monoisotopic (exact) mass is 308 g/mol. The van der Waals surface area contributed by atoms with Gasteiger partial charge < -0.3 is 28.8 Å². The summed E-state index contributed by atoms with van der Waals surface area (Å²) in [6.07, 6.45) is 1.14. The highest BCUT2D eigenvalue weighted by Crippen LogP contribution is 2.48. The van der Waals surface area contributed by atoms with Gasteiger partial charge in [0.2, 0.25) is 5.78 Å². The molecule has 0 spiro atoms. The van der Waals surface area contributed by atoms with Crippen molar-refractivity contribution in [3.8, 4) is 17.2 Å². The van der Waals surface area contributed by atoms with E-state index in [0.29, 0.717) is 5.75 Å². The van der Waals surface area contributed by atoms with Crippen LogP contribution in [0, 0.1) is 0 Å². The van der Waals surface area contributed by atoms with Crippen molar-refractivity contribution in [2.75, 3.05) is 21.3 Å². The Balaban J connectivity index is 2.11. The standard InChI is InChI=1S/C15H16O7/c1-18-9-4-5-11-12(6-9)22-15(20-3)13(16)7-10(19-2)8-14(15,17)21-11/h4-7,17H,8H2,1-3H3/t14-,15-/m0/s1. The van der Waals surface area contributed by atoms with Crippen LogP contribution in [-0.4, -0.2) is 43.8 Å². The molecule has 1 N–H and O–H groups in total. The molecule has 0 fully saturated rings. The van der Waals surface area contributed by atoms with Crippen LogP contribution in [0.15, 0.2) is 30.0 Å². The molecule has 2 aliphatic rings. The molecule has 0 saturated carbocycles. The molecule has 7 nitrogen and oxygen atoms in total. The third-order valence-corrected chi connectivity index (χ3v) is 3.78. The van der Waals surface area contributed by atoms with Gasteiger partial charge in [-0.2, -0.15) is 0 Å². The Morgan fingerprint density at radius 1 is 1.14 bits per heavy atom. The second-order valence-electron chi connectivity index (χ2n) is 4.98. The molecule has 0 unspecified atom stereocenters. The first-order chi connectivity index (χ1) is 10.5. The maximum atomic E-state index is 12.4. The van der Waals surface area contributed by atoms with E-state index >= 15 is 0 Å². The number of ketones is 1. The minimum atomic E-state index is -2.03. The van der Waals surface area contributed by atoms with Gasteiger partial charge in [0, 0.05) is 19.3 Å². The number of carbonyl (C=O) groups is 1. The highest BCUT2D eigenvalue weighted by atomic mass is 16.8. The fraction of sp³-hybridized carbons (Fsp3) is 0.400. The lowest BCUT2D eigenvalue weighted by molar-refractivity contribution is -0.335. The highest BCUT2D eigenvalue weighted by Gasteiger charge is 2.66. The largest absolute Gasteiger partial charge is 0.501 e. The molecular formula is C15H16O7. The zero-order valence-electron chi connectivity index (χ0n) is 12.4.